The molecule has 34 heavy (non-hydrogen) atoms. The third kappa shape index (κ3) is 4.25. The maximum absolute atomic E-state index is 13.5. The Morgan fingerprint density at radius 1 is 0.971 bits per heavy atom. The maximum Gasteiger partial charge on any atom is 0.291 e. The number of carbonyl (C=O) groups is 3. The number of H-pyrrole nitrogens is 2. The molecule has 2 atom stereocenters. The lowest BCUT2D eigenvalue weighted by Crippen LogP contribution is -2.31. The van der Waals surface area contributed by atoms with Crippen LogP contribution in [-0.4, -0.2) is 49.2 Å². The number of amides is 1. The molecule has 174 valence electrons. The summed E-state index contributed by atoms with van der Waals surface area (Å²) in [6, 6.07) is 11.7. The van der Waals surface area contributed by atoms with Crippen LogP contribution in [0.4, 0.5) is 0 Å². The van der Waals surface area contributed by atoms with Crippen molar-refractivity contribution in [3.05, 3.63) is 90.0 Å². The van der Waals surface area contributed by atoms with E-state index in [9.17, 15) is 22.8 Å². The van der Waals surface area contributed by atoms with Gasteiger partial charge < -0.3 is 4.90 Å². The highest BCUT2D eigenvalue weighted by Gasteiger charge is 2.51. The number of sulfonamides is 1. The van der Waals surface area contributed by atoms with Crippen LogP contribution in [0.5, 0.6) is 0 Å². The second-order valence-corrected chi connectivity index (χ2v) is 10.3. The summed E-state index contributed by atoms with van der Waals surface area (Å²) in [4.78, 5) is 46.9. The van der Waals surface area contributed by atoms with Gasteiger partial charge in [0.15, 0.2) is 30.6 Å². The molecule has 4 rings (SSSR count). The molecule has 1 fully saturated rings. The number of likely N-dealkylation sites (tertiary alicyclic amines) is 1. The average Bonchev–Trinajstić information content (AvgIpc) is 3.09. The molecule has 3 aromatic rings. The summed E-state index contributed by atoms with van der Waals surface area (Å²) >= 11 is 0. The van der Waals surface area contributed by atoms with Gasteiger partial charge in [-0.2, -0.15) is 0 Å². The topological polar surface area (TPSA) is 120 Å². The van der Waals surface area contributed by atoms with E-state index in [2.05, 4.69) is 9.97 Å². The van der Waals surface area contributed by atoms with E-state index in [1.165, 1.54) is 43.3 Å². The van der Waals surface area contributed by atoms with E-state index in [-0.39, 0.29) is 17.0 Å². The number of nitrogens with one attached hydrogen (secondary N) is 2. The van der Waals surface area contributed by atoms with Crippen LogP contribution < -0.4 is 9.97 Å². The SMILES string of the molecule is CN(C)S(=O)(=O)c1ccc(C(=O)C2C(=O)C(=O)N(Cc3ccc[nH+]c3)C2c2cc[nH+]cc2)cc1. The first-order chi connectivity index (χ1) is 16.2. The van der Waals surface area contributed by atoms with Gasteiger partial charge in [-0.15, -0.1) is 0 Å². The van der Waals surface area contributed by atoms with E-state index >= 15 is 0 Å². The van der Waals surface area contributed by atoms with Crippen molar-refractivity contribution in [2.75, 3.05) is 14.1 Å². The second kappa shape index (κ2) is 9.24. The summed E-state index contributed by atoms with van der Waals surface area (Å²) in [5, 5.41) is 0. The lowest BCUT2D eigenvalue weighted by Gasteiger charge is -2.26. The van der Waals surface area contributed by atoms with Gasteiger partial charge in [-0.1, -0.05) is 12.1 Å². The Morgan fingerprint density at radius 3 is 2.24 bits per heavy atom. The van der Waals surface area contributed by atoms with E-state index in [0.717, 1.165) is 9.87 Å². The zero-order chi connectivity index (χ0) is 24.5. The summed E-state index contributed by atoms with van der Waals surface area (Å²) in [6.07, 6.45) is 6.79. The van der Waals surface area contributed by atoms with Crippen molar-refractivity contribution in [3.8, 4) is 0 Å². The fourth-order valence-corrected chi connectivity index (χ4v) is 4.93. The number of rotatable bonds is 7. The molecule has 2 unspecified atom stereocenters. The molecule has 0 radical (unpaired) electrons. The third-order valence-electron chi connectivity index (χ3n) is 5.82. The number of ketones is 2. The molecule has 10 heteroatoms. The van der Waals surface area contributed by atoms with Crippen LogP contribution in [-0.2, 0) is 26.2 Å². The molecule has 9 nitrogen and oxygen atoms in total. The summed E-state index contributed by atoms with van der Waals surface area (Å²) in [5.41, 5.74) is 1.58. The molecule has 1 saturated heterocycles. The number of nitrogens with zero attached hydrogens (tertiary/aromatic N) is 2. The summed E-state index contributed by atoms with van der Waals surface area (Å²) < 4.78 is 25.8. The van der Waals surface area contributed by atoms with E-state index in [1.807, 2.05) is 6.07 Å². The molecule has 0 spiro atoms. The van der Waals surface area contributed by atoms with Gasteiger partial charge in [0.25, 0.3) is 5.91 Å². The molecule has 2 N–H and O–H groups in total. The number of hydrogen-bond acceptors (Lipinski definition) is 5. The minimum atomic E-state index is -3.67. The Morgan fingerprint density at radius 2 is 1.65 bits per heavy atom. The summed E-state index contributed by atoms with van der Waals surface area (Å²) in [5.74, 6) is -3.30. The highest BCUT2D eigenvalue weighted by atomic mass is 32.2. The highest BCUT2D eigenvalue weighted by molar-refractivity contribution is 7.89. The first kappa shape index (κ1) is 23.4. The van der Waals surface area contributed by atoms with Gasteiger partial charge in [-0.05, 0) is 23.8 Å². The largest absolute Gasteiger partial charge is 0.323 e. The Hall–Kier alpha value is -3.76. The van der Waals surface area contributed by atoms with Crippen molar-refractivity contribution in [2.24, 2.45) is 5.92 Å². The van der Waals surface area contributed by atoms with Gasteiger partial charge >= 0.3 is 0 Å². The Labute approximate surface area is 197 Å². The molecule has 2 aromatic heterocycles. The van der Waals surface area contributed by atoms with E-state index in [0.29, 0.717) is 5.56 Å². The minimum Gasteiger partial charge on any atom is -0.323 e. The van der Waals surface area contributed by atoms with Crippen molar-refractivity contribution < 1.29 is 32.8 Å². The molecule has 1 aliphatic rings. The molecule has 0 bridgehead atoms. The van der Waals surface area contributed by atoms with Crippen LogP contribution in [0.25, 0.3) is 0 Å². The molecule has 1 amide bonds. The normalized spacial score (nSPS) is 18.5. The number of pyridine rings is 2. The maximum atomic E-state index is 13.5. The fraction of sp³-hybridized carbons (Fsp3) is 0.208. The van der Waals surface area contributed by atoms with Crippen LogP contribution >= 0.6 is 0 Å². The van der Waals surface area contributed by atoms with Gasteiger partial charge in [-0.25, -0.2) is 22.7 Å². The Kier molecular flexibility index (Phi) is 6.36. The number of Topliss-reactive ketones (excluding diaryl/α,β-unsaturated/α-hetero) is 2. The lowest BCUT2D eigenvalue weighted by atomic mass is 9.86. The minimum absolute atomic E-state index is 0.0278. The van der Waals surface area contributed by atoms with Crippen LogP contribution in [0, 0.1) is 5.92 Å². The zero-order valence-electron chi connectivity index (χ0n) is 18.6. The predicted molar refractivity (Wildman–Crippen MR) is 119 cm³/mol. The number of benzene rings is 1. The van der Waals surface area contributed by atoms with Gasteiger partial charge in [-0.3, -0.25) is 14.4 Å². The number of aromatic amines is 2. The van der Waals surface area contributed by atoms with Gasteiger partial charge in [0.2, 0.25) is 15.8 Å². The second-order valence-electron chi connectivity index (χ2n) is 8.14. The first-order valence-electron chi connectivity index (χ1n) is 10.5. The molecule has 1 aliphatic heterocycles. The van der Waals surface area contributed by atoms with Gasteiger partial charge in [0.05, 0.1) is 17.5 Å². The first-order valence-corrected chi connectivity index (χ1v) is 12.0. The van der Waals surface area contributed by atoms with Crippen LogP contribution in [0.1, 0.15) is 27.5 Å². The van der Waals surface area contributed by atoms with Gasteiger partial charge in [0, 0.05) is 43.4 Å². The van der Waals surface area contributed by atoms with Crippen LogP contribution in [0.15, 0.2) is 78.2 Å². The summed E-state index contributed by atoms with van der Waals surface area (Å²) in [7, 11) is -0.839. The van der Waals surface area contributed by atoms with Crippen molar-refractivity contribution in [3.63, 3.8) is 0 Å². The monoisotopic (exact) mass is 480 g/mol. The number of hydrogen-bond donors (Lipinski definition) is 0. The zero-order valence-corrected chi connectivity index (χ0v) is 19.5. The molecule has 3 heterocycles. The predicted octanol–water partition coefficient (Wildman–Crippen LogP) is 0.717. The van der Waals surface area contributed by atoms with E-state index in [4.69, 9.17) is 0 Å². The lowest BCUT2D eigenvalue weighted by molar-refractivity contribution is -0.379. The van der Waals surface area contributed by atoms with Crippen LogP contribution in [0.3, 0.4) is 0 Å². The number of aromatic nitrogens is 2. The number of carbonyl (C=O) groups excluding carboxylic acids is 3. The Balaban J connectivity index is 1.72. The quantitative estimate of drug-likeness (QED) is 0.280. The molecule has 0 aliphatic carbocycles. The molecular weight excluding hydrogens is 456 g/mol. The van der Waals surface area contributed by atoms with Crippen LogP contribution in [0.2, 0.25) is 0 Å². The van der Waals surface area contributed by atoms with E-state index < -0.39 is 39.5 Å². The van der Waals surface area contributed by atoms with Gasteiger partial charge in [0.1, 0.15) is 5.92 Å². The molecule has 1 aromatic carbocycles. The standard InChI is InChI=1S/C24H22N4O5S/c1-27(2)34(32,33)19-7-5-18(6-8-19)22(29)20-21(17-9-12-25-13-10-17)28(24(31)23(20)30)15-16-4-3-11-26-14-16/h3-14,20-21H,15H2,1-2H3/p+2. The molecule has 0 saturated carbocycles. The fourth-order valence-electron chi connectivity index (χ4n) is 4.03. The average molecular weight is 481 g/mol. The van der Waals surface area contributed by atoms with Crippen molar-refractivity contribution in [2.45, 2.75) is 17.5 Å². The molecular formula is C24H24N4O5S+2. The Bertz CT molecular complexity index is 1330. The third-order valence-corrected chi connectivity index (χ3v) is 7.64. The smallest absolute Gasteiger partial charge is 0.291 e. The van der Waals surface area contributed by atoms with Crippen molar-refractivity contribution in [1.29, 1.82) is 0 Å². The summed E-state index contributed by atoms with van der Waals surface area (Å²) in [6.45, 7) is 0.148. The highest BCUT2D eigenvalue weighted by Crippen LogP contribution is 2.38. The van der Waals surface area contributed by atoms with E-state index in [1.54, 1.807) is 43.0 Å². The van der Waals surface area contributed by atoms with Crippen molar-refractivity contribution in [1.82, 2.24) is 9.21 Å². The van der Waals surface area contributed by atoms with Crippen molar-refractivity contribution >= 4 is 27.5 Å².